The van der Waals surface area contributed by atoms with Gasteiger partial charge in [-0.05, 0) is 45.7 Å². The van der Waals surface area contributed by atoms with E-state index in [9.17, 15) is 8.42 Å². The summed E-state index contributed by atoms with van der Waals surface area (Å²) >= 11 is 0. The molecule has 1 aromatic heterocycles. The Balaban J connectivity index is 1.46. The molecule has 3 heterocycles. The lowest BCUT2D eigenvalue weighted by molar-refractivity contribution is -0.753. The van der Waals surface area contributed by atoms with E-state index in [0.29, 0.717) is 30.5 Å². The number of nitrogens with one attached hydrogen (secondary N) is 2. The van der Waals surface area contributed by atoms with Crippen LogP contribution in [-0.2, 0) is 16.4 Å². The second-order valence-electron chi connectivity index (χ2n) is 8.87. The minimum atomic E-state index is -3.80. The summed E-state index contributed by atoms with van der Waals surface area (Å²) < 4.78 is 27.5. The Labute approximate surface area is 215 Å². The van der Waals surface area contributed by atoms with Crippen LogP contribution in [0.15, 0.2) is 75.4 Å². The molecular weight excluding hydrogens is 490 g/mol. The first-order valence-corrected chi connectivity index (χ1v) is 13.5. The first-order valence-electron chi connectivity index (χ1n) is 12.1. The van der Waals surface area contributed by atoms with Gasteiger partial charge < -0.3 is 0 Å². The van der Waals surface area contributed by atoms with E-state index in [4.69, 9.17) is 0 Å². The van der Waals surface area contributed by atoms with Crippen LogP contribution in [0, 0.1) is 0 Å². The van der Waals surface area contributed by atoms with E-state index in [2.05, 4.69) is 71.6 Å². The highest BCUT2D eigenvalue weighted by Crippen LogP contribution is 2.33. The predicted molar refractivity (Wildman–Crippen MR) is 143 cm³/mol. The van der Waals surface area contributed by atoms with E-state index in [1.165, 1.54) is 7.05 Å². The van der Waals surface area contributed by atoms with Crippen molar-refractivity contribution in [1.82, 2.24) is 25.3 Å². The lowest BCUT2D eigenvalue weighted by Crippen LogP contribution is -2.53. The average Bonchev–Trinajstić information content (AvgIpc) is 3.60. The van der Waals surface area contributed by atoms with Crippen LogP contribution in [0.4, 0.5) is 0 Å². The predicted octanol–water partition coefficient (Wildman–Crippen LogP) is 3.24. The Morgan fingerprint density at radius 1 is 1.05 bits per heavy atom. The van der Waals surface area contributed by atoms with Gasteiger partial charge in [0.1, 0.15) is 6.54 Å². The summed E-state index contributed by atoms with van der Waals surface area (Å²) in [4.78, 5) is 9.15. The fraction of sp³-hybridized carbons (Fsp3) is 0.280. The van der Waals surface area contributed by atoms with Crippen molar-refractivity contribution in [3.05, 3.63) is 65.9 Å². The van der Waals surface area contributed by atoms with Crippen molar-refractivity contribution in [2.75, 3.05) is 13.6 Å². The average molecular weight is 519 g/mol. The van der Waals surface area contributed by atoms with Crippen molar-refractivity contribution in [2.45, 2.75) is 33.1 Å². The number of hydrogen-bond donors (Lipinski definition) is 2. The van der Waals surface area contributed by atoms with E-state index < -0.39 is 10.0 Å². The number of H-pyrrole nitrogens is 1. The van der Waals surface area contributed by atoms with Crippen LogP contribution in [0.1, 0.15) is 32.3 Å². The Bertz CT molecular complexity index is 1540. The third-order valence-corrected chi connectivity index (χ3v) is 7.76. The van der Waals surface area contributed by atoms with Gasteiger partial charge in [0.25, 0.3) is 15.9 Å². The number of aliphatic imine (C=N–C) groups is 2. The van der Waals surface area contributed by atoms with Crippen LogP contribution in [0.25, 0.3) is 22.5 Å². The van der Waals surface area contributed by atoms with E-state index in [0.717, 1.165) is 40.7 Å². The lowest BCUT2D eigenvalue weighted by Gasteiger charge is -2.30. The first-order chi connectivity index (χ1) is 17.9. The quantitative estimate of drug-likeness (QED) is 0.441. The molecule has 0 fully saturated rings. The van der Waals surface area contributed by atoms with E-state index in [-0.39, 0.29) is 9.76 Å². The maximum Gasteiger partial charge on any atom is 0.321 e. The smallest absolute Gasteiger partial charge is 0.239 e. The first kappa shape index (κ1) is 24.8. The molecule has 37 heavy (non-hydrogen) atoms. The molecule has 0 spiro atoms. The molecule has 3 aromatic rings. The number of benzene rings is 2. The van der Waals surface area contributed by atoms with Crippen LogP contribution in [0.5, 0.6) is 0 Å². The topological polar surface area (TPSA) is 138 Å². The molecule has 0 bridgehead atoms. The number of quaternary nitrogens is 1. The molecule has 2 aliphatic rings. The zero-order valence-corrected chi connectivity index (χ0v) is 21.7. The maximum atomic E-state index is 12.6. The van der Waals surface area contributed by atoms with Crippen LogP contribution in [-0.4, -0.2) is 64.1 Å². The summed E-state index contributed by atoms with van der Waals surface area (Å²) in [5.41, 5.74) is 4.83. The Morgan fingerprint density at radius 3 is 2.49 bits per heavy atom. The van der Waals surface area contributed by atoms with Crippen molar-refractivity contribution < 1.29 is 13.0 Å². The molecule has 5 rings (SSSR count). The largest absolute Gasteiger partial charge is 0.321 e. The fourth-order valence-electron chi connectivity index (χ4n) is 4.52. The molecule has 0 amide bonds. The van der Waals surface area contributed by atoms with Gasteiger partial charge in [-0.3, -0.25) is 0 Å². The molecule has 12 heteroatoms. The number of amidine groups is 3. The van der Waals surface area contributed by atoms with Gasteiger partial charge in [-0.15, -0.1) is 9.69 Å². The zero-order chi connectivity index (χ0) is 26.0. The Morgan fingerprint density at radius 2 is 1.81 bits per heavy atom. The van der Waals surface area contributed by atoms with Gasteiger partial charge in [-0.2, -0.15) is 4.99 Å². The number of tetrazole rings is 1. The van der Waals surface area contributed by atoms with Gasteiger partial charge in [-0.25, -0.2) is 23.2 Å². The molecular formula is C25H28N9O2S+. The Kier molecular flexibility index (Phi) is 6.63. The SMILES string of the molecule is CCCC[N+]12N=C(S(=O)(=O)NC)N=C1C(Cc1ccc(-c3ccccc3-c3nnn[nH]3)cc1)=CN=C2C. The molecule has 0 saturated carbocycles. The maximum absolute atomic E-state index is 12.6. The van der Waals surface area contributed by atoms with E-state index in [1.54, 1.807) is 6.20 Å². The zero-order valence-electron chi connectivity index (χ0n) is 20.9. The van der Waals surface area contributed by atoms with Crippen LogP contribution in [0.2, 0.25) is 0 Å². The molecule has 0 radical (unpaired) electrons. The fourth-order valence-corrected chi connectivity index (χ4v) is 5.16. The van der Waals surface area contributed by atoms with Gasteiger partial charge >= 0.3 is 5.17 Å². The second-order valence-corrected chi connectivity index (χ2v) is 10.7. The number of sulfonamides is 1. The number of rotatable bonds is 8. The van der Waals surface area contributed by atoms with Crippen molar-refractivity contribution in [3.63, 3.8) is 0 Å². The van der Waals surface area contributed by atoms with Gasteiger partial charge in [0, 0.05) is 25.1 Å². The minimum absolute atomic E-state index is 0.00735. The second kappa shape index (κ2) is 9.88. The number of nitrogens with zero attached hydrogens (tertiary/aromatic N) is 7. The minimum Gasteiger partial charge on any atom is -0.239 e. The third kappa shape index (κ3) is 4.54. The normalized spacial score (nSPS) is 19.1. The van der Waals surface area contributed by atoms with Crippen molar-refractivity contribution >= 4 is 26.9 Å². The summed E-state index contributed by atoms with van der Waals surface area (Å²) in [6.07, 6.45) is 4.11. The molecule has 1 unspecified atom stereocenters. The van der Waals surface area contributed by atoms with Crippen molar-refractivity contribution in [2.24, 2.45) is 15.1 Å². The third-order valence-electron chi connectivity index (χ3n) is 6.57. The summed E-state index contributed by atoms with van der Waals surface area (Å²) in [5.74, 6) is 1.92. The van der Waals surface area contributed by atoms with Crippen LogP contribution >= 0.6 is 0 Å². The van der Waals surface area contributed by atoms with E-state index >= 15 is 0 Å². The lowest BCUT2D eigenvalue weighted by atomic mass is 9.96. The van der Waals surface area contributed by atoms with Crippen LogP contribution < -0.4 is 4.72 Å². The van der Waals surface area contributed by atoms with Crippen LogP contribution in [0.3, 0.4) is 0 Å². The summed E-state index contributed by atoms with van der Waals surface area (Å²) in [6, 6.07) is 16.1. The molecule has 2 aliphatic heterocycles. The highest BCUT2D eigenvalue weighted by Gasteiger charge is 2.49. The molecule has 11 nitrogen and oxygen atoms in total. The van der Waals surface area contributed by atoms with Gasteiger partial charge in [0.05, 0.1) is 5.57 Å². The molecule has 0 aliphatic carbocycles. The summed E-state index contributed by atoms with van der Waals surface area (Å²) in [6.45, 7) is 4.55. The molecule has 190 valence electrons. The summed E-state index contributed by atoms with van der Waals surface area (Å²) in [7, 11) is -2.44. The molecule has 0 saturated heterocycles. The van der Waals surface area contributed by atoms with Gasteiger partial charge in [0.15, 0.2) is 5.82 Å². The number of fused-ring (bicyclic) bond motifs is 1. The number of aromatic nitrogens is 4. The molecule has 2 N–H and O–H groups in total. The number of unbranched alkanes of at least 4 members (excludes halogenated alkanes) is 1. The van der Waals surface area contributed by atoms with Crippen molar-refractivity contribution in [3.8, 4) is 22.5 Å². The monoisotopic (exact) mass is 518 g/mol. The van der Waals surface area contributed by atoms with E-state index in [1.807, 2.05) is 31.2 Å². The van der Waals surface area contributed by atoms with Gasteiger partial charge in [0.2, 0.25) is 5.84 Å². The standard InChI is InChI=1S/C25H28N9O2S/c1-4-5-14-34-17(2)27-16-20(24(34)28-25(31-34)37(35,36)26-3)15-18-10-12-19(13-11-18)21-8-6-7-9-22(21)23-29-32-33-30-23/h6-13,16,26H,4-5,14-15H2,1-3H3,(H,29,30,32,33)/q+1. The molecule has 1 atom stereocenters. The van der Waals surface area contributed by atoms with Gasteiger partial charge in [-0.1, -0.05) is 61.9 Å². The molecule has 2 aromatic carbocycles. The summed E-state index contributed by atoms with van der Waals surface area (Å²) in [5, 5.41) is 18.6. The highest BCUT2D eigenvalue weighted by molar-refractivity contribution is 8.04. The highest BCUT2D eigenvalue weighted by atomic mass is 32.2. The number of hydrogen-bond acceptors (Lipinski definition) is 8. The van der Waals surface area contributed by atoms with Crippen molar-refractivity contribution in [1.29, 1.82) is 0 Å². The Hall–Kier alpha value is -3.87. The number of aromatic amines is 1.